The van der Waals surface area contributed by atoms with Gasteiger partial charge in [0.25, 0.3) is 0 Å². The SMILES string of the molecule is C.CC.CCCCCCCCCCN(CC(C)C)CC(C)C. The summed E-state index contributed by atoms with van der Waals surface area (Å²) in [5.74, 6) is 1.60. The number of hydrogen-bond donors (Lipinski definition) is 0. The van der Waals surface area contributed by atoms with Crippen LogP contribution >= 0.6 is 0 Å². The number of hydrogen-bond acceptors (Lipinski definition) is 1. The molecule has 0 radical (unpaired) electrons. The molecule has 138 valence electrons. The molecule has 0 fully saturated rings. The molecule has 22 heavy (non-hydrogen) atoms. The van der Waals surface area contributed by atoms with Crippen LogP contribution in [0.15, 0.2) is 0 Å². The quantitative estimate of drug-likeness (QED) is 0.320. The molecule has 0 aliphatic rings. The van der Waals surface area contributed by atoms with Crippen molar-refractivity contribution in [3.63, 3.8) is 0 Å². The molecule has 0 amide bonds. The van der Waals surface area contributed by atoms with Crippen molar-refractivity contribution < 1.29 is 0 Å². The predicted molar refractivity (Wildman–Crippen MR) is 107 cm³/mol. The number of unbranched alkanes of at least 4 members (excludes halogenated alkanes) is 7. The van der Waals surface area contributed by atoms with E-state index >= 15 is 0 Å². The summed E-state index contributed by atoms with van der Waals surface area (Å²) in [4.78, 5) is 2.67. The maximum atomic E-state index is 2.67. The zero-order valence-electron chi connectivity index (χ0n) is 16.4. The molecule has 0 aromatic carbocycles. The first kappa shape index (κ1) is 26.8. The molecule has 0 rings (SSSR count). The van der Waals surface area contributed by atoms with Crippen LogP contribution in [-0.2, 0) is 0 Å². The van der Waals surface area contributed by atoms with E-state index in [9.17, 15) is 0 Å². The molecule has 0 N–H and O–H groups in total. The highest BCUT2D eigenvalue weighted by Gasteiger charge is 2.08. The van der Waals surface area contributed by atoms with Crippen LogP contribution in [0.3, 0.4) is 0 Å². The average molecular weight is 316 g/mol. The van der Waals surface area contributed by atoms with Crippen LogP contribution in [0, 0.1) is 11.8 Å². The van der Waals surface area contributed by atoms with Crippen molar-refractivity contribution >= 4 is 0 Å². The molecule has 0 aromatic heterocycles. The molecule has 1 nitrogen and oxygen atoms in total. The lowest BCUT2D eigenvalue weighted by Crippen LogP contribution is -2.32. The molecule has 0 saturated carbocycles. The van der Waals surface area contributed by atoms with Crippen molar-refractivity contribution in [2.24, 2.45) is 11.8 Å². The Hall–Kier alpha value is -0.0400. The zero-order chi connectivity index (χ0) is 16.5. The minimum atomic E-state index is 0. The molecular formula is C21H49N. The fourth-order valence-electron chi connectivity index (χ4n) is 2.76. The van der Waals surface area contributed by atoms with Gasteiger partial charge < -0.3 is 4.90 Å². The minimum Gasteiger partial charge on any atom is -0.303 e. The molecule has 0 aliphatic heterocycles. The van der Waals surface area contributed by atoms with Gasteiger partial charge in [0.1, 0.15) is 0 Å². The van der Waals surface area contributed by atoms with Gasteiger partial charge in [-0.15, -0.1) is 0 Å². The van der Waals surface area contributed by atoms with Crippen LogP contribution in [0.5, 0.6) is 0 Å². The van der Waals surface area contributed by atoms with Gasteiger partial charge >= 0.3 is 0 Å². The fourth-order valence-corrected chi connectivity index (χ4v) is 2.76. The lowest BCUT2D eigenvalue weighted by atomic mass is 10.1. The van der Waals surface area contributed by atoms with E-state index in [1.807, 2.05) is 13.8 Å². The fraction of sp³-hybridized carbons (Fsp3) is 1.00. The van der Waals surface area contributed by atoms with E-state index in [2.05, 4.69) is 39.5 Å². The van der Waals surface area contributed by atoms with Crippen molar-refractivity contribution in [3.05, 3.63) is 0 Å². The molecule has 1 heteroatoms. The standard InChI is InChI=1S/C18H39N.C2H6.CH4/c1-6-7-8-9-10-11-12-13-14-19(15-17(2)3)16-18(4)5;1-2;/h17-18H,6-16H2,1-5H3;1-2H3;1H4. The van der Waals surface area contributed by atoms with E-state index in [1.165, 1.54) is 71.0 Å². The highest BCUT2D eigenvalue weighted by Crippen LogP contribution is 2.10. The molecule has 0 aliphatic carbocycles. The first-order valence-electron chi connectivity index (χ1n) is 9.78. The van der Waals surface area contributed by atoms with Crippen LogP contribution in [0.4, 0.5) is 0 Å². The third-order valence-corrected chi connectivity index (χ3v) is 3.57. The first-order chi connectivity index (χ1) is 10.1. The second-order valence-electron chi connectivity index (χ2n) is 7.02. The number of nitrogens with zero attached hydrogens (tertiary/aromatic N) is 1. The second kappa shape index (κ2) is 21.0. The van der Waals surface area contributed by atoms with Gasteiger partial charge in [-0.1, -0.05) is 101 Å². The molecular weight excluding hydrogens is 266 g/mol. The van der Waals surface area contributed by atoms with Crippen LogP contribution in [0.25, 0.3) is 0 Å². The Labute approximate surface area is 144 Å². The molecule has 0 saturated heterocycles. The predicted octanol–water partition coefficient (Wildman–Crippen LogP) is 7.40. The molecule has 0 bridgehead atoms. The Bertz CT molecular complexity index is 165. The van der Waals surface area contributed by atoms with Gasteiger partial charge in [-0.05, 0) is 24.8 Å². The summed E-state index contributed by atoms with van der Waals surface area (Å²) < 4.78 is 0. The van der Waals surface area contributed by atoms with E-state index in [0.29, 0.717) is 0 Å². The van der Waals surface area contributed by atoms with Crippen LogP contribution < -0.4 is 0 Å². The highest BCUT2D eigenvalue weighted by atomic mass is 15.1. The van der Waals surface area contributed by atoms with Crippen LogP contribution in [-0.4, -0.2) is 24.5 Å². The topological polar surface area (TPSA) is 3.24 Å². The molecule has 0 unspecified atom stereocenters. The Morgan fingerprint density at radius 3 is 1.36 bits per heavy atom. The van der Waals surface area contributed by atoms with Gasteiger partial charge in [0, 0.05) is 13.1 Å². The summed E-state index contributed by atoms with van der Waals surface area (Å²) in [6.45, 7) is 19.5. The van der Waals surface area contributed by atoms with Gasteiger partial charge in [0.05, 0.1) is 0 Å². The lowest BCUT2D eigenvalue weighted by Gasteiger charge is -2.26. The third-order valence-electron chi connectivity index (χ3n) is 3.57. The summed E-state index contributed by atoms with van der Waals surface area (Å²) in [6.07, 6.45) is 11.4. The van der Waals surface area contributed by atoms with E-state index in [1.54, 1.807) is 0 Å². The van der Waals surface area contributed by atoms with E-state index < -0.39 is 0 Å². The second-order valence-corrected chi connectivity index (χ2v) is 7.02. The van der Waals surface area contributed by atoms with Gasteiger partial charge in [0.2, 0.25) is 0 Å². The van der Waals surface area contributed by atoms with Crippen molar-refractivity contribution in [1.82, 2.24) is 4.90 Å². The lowest BCUT2D eigenvalue weighted by molar-refractivity contribution is 0.215. The third kappa shape index (κ3) is 22.2. The summed E-state index contributed by atoms with van der Waals surface area (Å²) >= 11 is 0. The largest absolute Gasteiger partial charge is 0.303 e. The highest BCUT2D eigenvalue weighted by molar-refractivity contribution is 4.62. The van der Waals surface area contributed by atoms with Crippen molar-refractivity contribution in [2.45, 2.75) is 107 Å². The summed E-state index contributed by atoms with van der Waals surface area (Å²) in [5, 5.41) is 0. The molecule has 0 spiro atoms. The van der Waals surface area contributed by atoms with Crippen LogP contribution in [0.1, 0.15) is 107 Å². The Morgan fingerprint density at radius 1 is 0.636 bits per heavy atom. The van der Waals surface area contributed by atoms with Crippen LogP contribution in [0.2, 0.25) is 0 Å². The Morgan fingerprint density at radius 2 is 1.00 bits per heavy atom. The van der Waals surface area contributed by atoms with Crippen molar-refractivity contribution in [2.75, 3.05) is 19.6 Å². The maximum absolute atomic E-state index is 2.67. The van der Waals surface area contributed by atoms with Crippen molar-refractivity contribution in [1.29, 1.82) is 0 Å². The van der Waals surface area contributed by atoms with Crippen molar-refractivity contribution in [3.8, 4) is 0 Å². The summed E-state index contributed by atoms with van der Waals surface area (Å²) in [5.41, 5.74) is 0. The zero-order valence-corrected chi connectivity index (χ0v) is 16.4. The van der Waals surface area contributed by atoms with E-state index in [4.69, 9.17) is 0 Å². The van der Waals surface area contributed by atoms with Gasteiger partial charge in [-0.2, -0.15) is 0 Å². The normalized spacial score (nSPS) is 10.6. The number of rotatable bonds is 13. The van der Waals surface area contributed by atoms with Gasteiger partial charge in [0.15, 0.2) is 0 Å². The monoisotopic (exact) mass is 315 g/mol. The van der Waals surface area contributed by atoms with E-state index in [-0.39, 0.29) is 7.43 Å². The first-order valence-corrected chi connectivity index (χ1v) is 9.78. The Balaban J connectivity index is -0.00000115. The molecule has 0 atom stereocenters. The van der Waals surface area contributed by atoms with Gasteiger partial charge in [-0.25, -0.2) is 0 Å². The van der Waals surface area contributed by atoms with Gasteiger partial charge in [-0.3, -0.25) is 0 Å². The molecule has 0 aromatic rings. The minimum absolute atomic E-state index is 0. The smallest absolute Gasteiger partial charge is 0.000449 e. The molecule has 0 heterocycles. The Kier molecular flexibility index (Phi) is 25.6. The van der Waals surface area contributed by atoms with E-state index in [0.717, 1.165) is 11.8 Å². The maximum Gasteiger partial charge on any atom is 0.000449 e. The summed E-state index contributed by atoms with van der Waals surface area (Å²) in [6, 6.07) is 0. The average Bonchev–Trinajstić information content (AvgIpc) is 2.42. The summed E-state index contributed by atoms with van der Waals surface area (Å²) in [7, 11) is 0.